The summed E-state index contributed by atoms with van der Waals surface area (Å²) in [7, 11) is 0. The summed E-state index contributed by atoms with van der Waals surface area (Å²) < 4.78 is 5.08. The van der Waals surface area contributed by atoms with Gasteiger partial charge in [-0.05, 0) is 45.2 Å². The van der Waals surface area contributed by atoms with Crippen LogP contribution in [0, 0.1) is 0 Å². The second-order valence-corrected chi connectivity index (χ2v) is 9.79. The summed E-state index contributed by atoms with van der Waals surface area (Å²) in [6.45, 7) is 15.9. The minimum absolute atomic E-state index is 0.135. The van der Waals surface area contributed by atoms with E-state index in [-0.39, 0.29) is 34.9 Å². The van der Waals surface area contributed by atoms with E-state index >= 15 is 0 Å². The van der Waals surface area contributed by atoms with Crippen LogP contribution < -0.4 is 0 Å². The van der Waals surface area contributed by atoms with Crippen molar-refractivity contribution in [2.45, 2.75) is 58.3 Å². The summed E-state index contributed by atoms with van der Waals surface area (Å²) in [5, 5.41) is 20.8. The van der Waals surface area contributed by atoms with Gasteiger partial charge < -0.3 is 14.9 Å². The Morgan fingerprint density at radius 2 is 1.39 bits per heavy atom. The lowest BCUT2D eigenvalue weighted by Gasteiger charge is -2.25. The molecule has 2 aromatic rings. The summed E-state index contributed by atoms with van der Waals surface area (Å²) in [4.78, 5) is 11.4. The number of hydrogen-bond acceptors (Lipinski definition) is 4. The van der Waals surface area contributed by atoms with Crippen molar-refractivity contribution >= 4 is 5.97 Å². The van der Waals surface area contributed by atoms with Gasteiger partial charge in [0.05, 0.1) is 0 Å². The van der Waals surface area contributed by atoms with Crippen LogP contribution in [0.3, 0.4) is 0 Å². The fourth-order valence-corrected chi connectivity index (χ4v) is 3.49. The van der Waals surface area contributed by atoms with Crippen LogP contribution in [0.1, 0.15) is 69.7 Å². The normalized spacial score (nSPS) is 12.4. The number of hydrogen-bond donors (Lipinski definition) is 2. The fraction of sp³-hybridized carbons (Fsp3) is 0.370. The highest BCUT2D eigenvalue weighted by Gasteiger charge is 2.23. The van der Waals surface area contributed by atoms with Crippen LogP contribution in [0.25, 0.3) is 0 Å². The summed E-state index contributed by atoms with van der Waals surface area (Å²) in [6.07, 6.45) is 4.92. The quantitative estimate of drug-likeness (QED) is 0.335. The molecule has 0 radical (unpaired) electrons. The number of carbonyl (C=O) groups excluding carboxylic acids is 1. The van der Waals surface area contributed by atoms with E-state index in [0.717, 1.165) is 28.3 Å². The van der Waals surface area contributed by atoms with Crippen LogP contribution >= 0.6 is 0 Å². The van der Waals surface area contributed by atoms with Crippen molar-refractivity contribution in [2.75, 3.05) is 6.61 Å². The second-order valence-electron chi connectivity index (χ2n) is 9.79. The van der Waals surface area contributed by atoms with Crippen LogP contribution in [-0.2, 0) is 20.4 Å². The fourth-order valence-electron chi connectivity index (χ4n) is 3.49. The van der Waals surface area contributed by atoms with Gasteiger partial charge in [-0.15, -0.1) is 0 Å². The molecule has 0 atom stereocenters. The monoisotopic (exact) mass is 422 g/mol. The standard InChI is InChI=1S/C27H34O4/c1-8-25(30)31-15-9-10-20(18-11-13-23(28)21(16-18)26(2,3)4)19-12-14-24(29)22(17-19)27(5,6)7/h8-14,16-17,20,28-29H,1,15H2,2-7H3. The Kier molecular flexibility index (Phi) is 7.37. The van der Waals surface area contributed by atoms with Gasteiger partial charge in [0.2, 0.25) is 0 Å². The van der Waals surface area contributed by atoms with E-state index in [1.54, 1.807) is 18.2 Å². The number of rotatable bonds is 6. The van der Waals surface area contributed by atoms with Gasteiger partial charge in [0, 0.05) is 12.0 Å². The first-order valence-corrected chi connectivity index (χ1v) is 10.5. The molecular formula is C27H34O4. The molecule has 0 saturated heterocycles. The summed E-state index contributed by atoms with van der Waals surface area (Å²) in [6, 6.07) is 11.3. The van der Waals surface area contributed by atoms with Crippen LogP contribution in [0.5, 0.6) is 11.5 Å². The number of phenols is 2. The molecule has 4 heteroatoms. The van der Waals surface area contributed by atoms with Gasteiger partial charge in [-0.2, -0.15) is 0 Å². The summed E-state index contributed by atoms with van der Waals surface area (Å²) >= 11 is 0. The van der Waals surface area contributed by atoms with Crippen LogP contribution in [0.4, 0.5) is 0 Å². The maximum Gasteiger partial charge on any atom is 0.330 e. The Hall–Kier alpha value is -3.01. The smallest absolute Gasteiger partial charge is 0.330 e. The van der Waals surface area contributed by atoms with E-state index in [4.69, 9.17) is 4.74 Å². The van der Waals surface area contributed by atoms with Crippen LogP contribution in [0.15, 0.2) is 61.2 Å². The van der Waals surface area contributed by atoms with Gasteiger partial charge in [0.1, 0.15) is 18.1 Å². The Morgan fingerprint density at radius 1 is 0.935 bits per heavy atom. The zero-order valence-electron chi connectivity index (χ0n) is 19.4. The van der Waals surface area contributed by atoms with E-state index in [1.165, 1.54) is 0 Å². The average molecular weight is 423 g/mol. The molecule has 31 heavy (non-hydrogen) atoms. The van der Waals surface area contributed by atoms with E-state index in [9.17, 15) is 15.0 Å². The van der Waals surface area contributed by atoms with Gasteiger partial charge in [-0.25, -0.2) is 4.79 Å². The van der Waals surface area contributed by atoms with Gasteiger partial charge in [-0.1, -0.05) is 84.5 Å². The highest BCUT2D eigenvalue weighted by molar-refractivity contribution is 5.81. The molecule has 0 spiro atoms. The van der Waals surface area contributed by atoms with E-state index < -0.39 is 5.97 Å². The summed E-state index contributed by atoms with van der Waals surface area (Å²) in [5.74, 6) is -0.0914. The lowest BCUT2D eigenvalue weighted by molar-refractivity contribution is -0.136. The predicted octanol–water partition coefficient (Wildman–Crippen LogP) is 6.11. The minimum Gasteiger partial charge on any atom is -0.508 e. The summed E-state index contributed by atoms with van der Waals surface area (Å²) in [5.41, 5.74) is 3.27. The number of ether oxygens (including phenoxy) is 1. The molecule has 0 aliphatic heterocycles. The number of aromatic hydroxyl groups is 2. The van der Waals surface area contributed by atoms with Crippen molar-refractivity contribution in [2.24, 2.45) is 0 Å². The molecule has 4 nitrogen and oxygen atoms in total. The largest absolute Gasteiger partial charge is 0.508 e. The second kappa shape index (κ2) is 9.42. The minimum atomic E-state index is -0.472. The van der Waals surface area contributed by atoms with Crippen molar-refractivity contribution in [3.63, 3.8) is 0 Å². The third-order valence-electron chi connectivity index (χ3n) is 5.19. The average Bonchev–Trinajstić information content (AvgIpc) is 2.67. The number of carbonyl (C=O) groups is 1. The third-order valence-corrected chi connectivity index (χ3v) is 5.19. The first kappa shape index (κ1) is 24.3. The van der Waals surface area contributed by atoms with Gasteiger partial charge in [-0.3, -0.25) is 0 Å². The Morgan fingerprint density at radius 3 is 1.77 bits per heavy atom. The zero-order chi connectivity index (χ0) is 23.4. The van der Waals surface area contributed by atoms with E-state index in [2.05, 4.69) is 48.1 Å². The molecule has 0 unspecified atom stereocenters. The molecule has 2 aromatic carbocycles. The molecule has 0 fully saturated rings. The molecule has 166 valence electrons. The SMILES string of the molecule is C=CC(=O)OCC=CC(c1ccc(O)c(C(C)(C)C)c1)c1ccc(O)c(C(C)(C)C)c1. The maximum atomic E-state index is 11.4. The van der Waals surface area contributed by atoms with Gasteiger partial charge in [0.15, 0.2) is 0 Å². The number of allylic oxidation sites excluding steroid dienone is 1. The van der Waals surface area contributed by atoms with Crippen molar-refractivity contribution < 1.29 is 19.7 Å². The van der Waals surface area contributed by atoms with Crippen LogP contribution in [-0.4, -0.2) is 22.8 Å². The number of benzene rings is 2. The lowest BCUT2D eigenvalue weighted by atomic mass is 9.80. The first-order valence-electron chi connectivity index (χ1n) is 10.5. The van der Waals surface area contributed by atoms with E-state index in [0.29, 0.717) is 0 Å². The molecule has 0 bridgehead atoms. The van der Waals surface area contributed by atoms with Crippen LogP contribution in [0.2, 0.25) is 0 Å². The van der Waals surface area contributed by atoms with E-state index in [1.807, 2.05) is 30.3 Å². The highest BCUT2D eigenvalue weighted by atomic mass is 16.5. The van der Waals surface area contributed by atoms with Crippen molar-refractivity contribution in [3.8, 4) is 11.5 Å². The molecule has 0 saturated carbocycles. The predicted molar refractivity (Wildman–Crippen MR) is 126 cm³/mol. The maximum absolute atomic E-state index is 11.4. The number of esters is 1. The molecular weight excluding hydrogens is 388 g/mol. The molecule has 0 aliphatic carbocycles. The molecule has 0 amide bonds. The molecule has 0 aliphatic rings. The number of phenolic OH excluding ortho intramolecular Hbond substituents is 2. The van der Waals surface area contributed by atoms with Gasteiger partial charge in [0.25, 0.3) is 0 Å². The molecule has 0 aromatic heterocycles. The van der Waals surface area contributed by atoms with Gasteiger partial charge >= 0.3 is 5.97 Å². The molecule has 0 heterocycles. The van der Waals surface area contributed by atoms with Crippen molar-refractivity contribution in [3.05, 3.63) is 83.5 Å². The Balaban J connectivity index is 2.56. The third kappa shape index (κ3) is 6.24. The van der Waals surface area contributed by atoms with Crippen molar-refractivity contribution in [1.29, 1.82) is 0 Å². The zero-order valence-corrected chi connectivity index (χ0v) is 19.4. The molecule has 2 N–H and O–H groups in total. The Bertz CT molecular complexity index is 908. The topological polar surface area (TPSA) is 66.8 Å². The Labute approximate surface area is 185 Å². The van der Waals surface area contributed by atoms with Crippen molar-refractivity contribution in [1.82, 2.24) is 0 Å². The molecule has 2 rings (SSSR count). The first-order chi connectivity index (χ1) is 14.3. The lowest BCUT2D eigenvalue weighted by Crippen LogP contribution is -2.14. The highest BCUT2D eigenvalue weighted by Crippen LogP contribution is 2.38.